The molecule has 13 heteroatoms. The third-order valence-electron chi connectivity index (χ3n) is 3.91. The summed E-state index contributed by atoms with van der Waals surface area (Å²) in [5.41, 5.74) is 24.9. The summed E-state index contributed by atoms with van der Waals surface area (Å²) in [6.45, 7) is 0. The molecule has 2 aromatic rings. The van der Waals surface area contributed by atoms with E-state index in [1.807, 2.05) is 0 Å². The molecule has 0 spiro atoms. The van der Waals surface area contributed by atoms with E-state index >= 15 is 0 Å². The van der Waals surface area contributed by atoms with Crippen LogP contribution in [0, 0.1) is 0 Å². The molecule has 0 bridgehead atoms. The van der Waals surface area contributed by atoms with Gasteiger partial charge in [-0.1, -0.05) is 0 Å². The number of nitrogens with one attached hydrogen (secondary N) is 2. The summed E-state index contributed by atoms with van der Waals surface area (Å²) in [4.78, 5) is 18.9. The molecule has 0 aromatic carbocycles. The molecule has 11 nitrogen and oxygen atoms in total. The normalized spacial score (nSPS) is 11.1. The number of nitrogens with two attached hydrogens (primary N) is 4. The number of rotatable bonds is 4. The van der Waals surface area contributed by atoms with Crippen LogP contribution in [-0.4, -0.2) is 24.9 Å². The van der Waals surface area contributed by atoms with E-state index in [2.05, 4.69) is 50.2 Å². The number of nitrogens with zero attached hydrogens (tertiary/aromatic N) is 3. The van der Waals surface area contributed by atoms with Crippen LogP contribution in [0.2, 0.25) is 0 Å². The lowest BCUT2D eigenvalue weighted by Crippen LogP contribution is -1.93. The van der Waals surface area contributed by atoms with E-state index in [0.717, 1.165) is 0 Å². The average molecular weight is 417 g/mol. The minimum atomic E-state index is 0.185. The van der Waals surface area contributed by atoms with Crippen LogP contribution in [0.25, 0.3) is 11.1 Å². The minimum absolute atomic E-state index is 0.185. The van der Waals surface area contributed by atoms with Gasteiger partial charge in [-0.3, -0.25) is 4.98 Å². The number of aromatic amines is 2. The summed E-state index contributed by atoms with van der Waals surface area (Å²) < 4.78 is 11.5. The monoisotopic (exact) mass is 417 g/mol. The zero-order valence-corrected chi connectivity index (χ0v) is 15.9. The molecule has 28 heavy (non-hydrogen) atoms. The summed E-state index contributed by atoms with van der Waals surface area (Å²) in [7, 11) is 0. The van der Waals surface area contributed by atoms with Gasteiger partial charge in [0.15, 0.2) is 0 Å². The molecule has 0 aliphatic carbocycles. The van der Waals surface area contributed by atoms with Crippen molar-refractivity contribution in [1.29, 1.82) is 0 Å². The average Bonchev–Trinajstić information content (AvgIpc) is 3.28. The van der Waals surface area contributed by atoms with E-state index in [9.17, 15) is 0 Å². The third kappa shape index (κ3) is 2.86. The lowest BCUT2D eigenvalue weighted by atomic mass is 10.2. The highest BCUT2D eigenvalue weighted by atomic mass is 32.1. The Morgan fingerprint density at radius 1 is 0.750 bits per heavy atom. The Balaban J connectivity index is 1.72. The van der Waals surface area contributed by atoms with Crippen LogP contribution < -0.4 is 32.4 Å². The van der Waals surface area contributed by atoms with E-state index < -0.39 is 0 Å². The van der Waals surface area contributed by atoms with Gasteiger partial charge in [-0.15, -0.1) is 25.3 Å². The Morgan fingerprint density at radius 3 is 1.54 bits per heavy atom. The lowest BCUT2D eigenvalue weighted by Gasteiger charge is -2.06. The summed E-state index contributed by atoms with van der Waals surface area (Å²) in [5.74, 6) is 1.32. The summed E-state index contributed by atoms with van der Waals surface area (Å²) in [6, 6.07) is 0. The van der Waals surface area contributed by atoms with Crippen LogP contribution in [-0.2, 0) is 0 Å². The zero-order valence-electron chi connectivity index (χ0n) is 14.1. The summed E-state index contributed by atoms with van der Waals surface area (Å²) in [5, 5.41) is 0. The highest BCUT2D eigenvalue weighted by Gasteiger charge is 2.22. The Labute approximate surface area is 169 Å². The van der Waals surface area contributed by atoms with E-state index in [1.165, 1.54) is 6.33 Å². The topological polar surface area (TPSA) is 193 Å². The van der Waals surface area contributed by atoms with Crippen LogP contribution >= 0.6 is 25.3 Å². The number of nitrogen functional groups attached to an aromatic ring is 4. The molecule has 10 N–H and O–H groups in total. The lowest BCUT2D eigenvalue weighted by molar-refractivity contribution is 0.452. The summed E-state index contributed by atoms with van der Waals surface area (Å²) in [6.07, 6.45) is 4.36. The first-order valence-corrected chi connectivity index (χ1v) is 8.62. The van der Waals surface area contributed by atoms with Gasteiger partial charge in [0.05, 0.1) is 20.9 Å². The molecule has 0 atom stereocenters. The second-order valence-corrected chi connectivity index (χ2v) is 6.58. The fourth-order valence-corrected chi connectivity index (χ4v) is 2.77. The summed E-state index contributed by atoms with van der Waals surface area (Å²) >= 11 is 8.42. The Hall–Kier alpha value is -3.45. The number of fused-ring (bicyclic) bond motifs is 1. The number of hydrogen-bond acceptors (Lipinski definition) is 11. The van der Waals surface area contributed by atoms with Crippen molar-refractivity contribution in [3.8, 4) is 34.6 Å². The maximum atomic E-state index is 5.93. The maximum absolute atomic E-state index is 5.93. The van der Waals surface area contributed by atoms with Crippen LogP contribution in [0.15, 0.2) is 28.5 Å². The van der Waals surface area contributed by atoms with Gasteiger partial charge >= 0.3 is 0 Å². The molecule has 0 radical (unpaired) electrons. The highest BCUT2D eigenvalue weighted by molar-refractivity contribution is 7.80. The predicted molar refractivity (Wildman–Crippen MR) is 110 cm³/mol. The van der Waals surface area contributed by atoms with Gasteiger partial charge < -0.3 is 42.4 Å². The van der Waals surface area contributed by atoms with E-state index in [0.29, 0.717) is 20.9 Å². The van der Waals surface area contributed by atoms with Gasteiger partial charge in [0.1, 0.15) is 29.3 Å². The van der Waals surface area contributed by atoms with Crippen LogP contribution in [0.3, 0.4) is 0 Å². The first-order valence-electron chi connectivity index (χ1n) is 7.73. The molecule has 2 aromatic heterocycles. The van der Waals surface area contributed by atoms with Gasteiger partial charge in [0, 0.05) is 12.4 Å². The fraction of sp³-hybridized carbons (Fsp3) is 0. The second kappa shape index (κ2) is 6.61. The van der Waals surface area contributed by atoms with Gasteiger partial charge in [-0.25, -0.2) is 9.97 Å². The Bertz CT molecular complexity index is 1070. The number of hydrogen-bond donors (Lipinski definition) is 8. The van der Waals surface area contributed by atoms with Crippen molar-refractivity contribution in [3.05, 3.63) is 18.7 Å². The molecule has 0 amide bonds. The van der Waals surface area contributed by atoms with E-state index in [4.69, 9.17) is 32.4 Å². The molecular weight excluding hydrogens is 402 g/mol. The standard InChI is InChI=1S/C15H15N9O2S2/c16-6-8(27)10(18)23-14(6)25-12-4-1-20-2-5(4)13(22-3-21-12)26-15-7(17)9(28)11(19)24-15/h1-3,23-24,27-28H,16-19H2. The van der Waals surface area contributed by atoms with Crippen molar-refractivity contribution in [3.63, 3.8) is 0 Å². The van der Waals surface area contributed by atoms with Crippen molar-refractivity contribution in [1.82, 2.24) is 24.9 Å². The second-order valence-electron chi connectivity index (χ2n) is 5.68. The smallest absolute Gasteiger partial charge is 0.232 e. The van der Waals surface area contributed by atoms with Crippen molar-refractivity contribution < 1.29 is 9.47 Å². The molecule has 4 heterocycles. The molecule has 0 saturated carbocycles. The first-order chi connectivity index (χ1) is 13.4. The molecular formula is C15H15N9O2S2. The van der Waals surface area contributed by atoms with E-state index in [-0.39, 0.29) is 46.5 Å². The van der Waals surface area contributed by atoms with E-state index in [1.54, 1.807) is 12.4 Å². The van der Waals surface area contributed by atoms with Gasteiger partial charge in [0.2, 0.25) is 23.5 Å². The fourth-order valence-electron chi connectivity index (χ4n) is 2.46. The SMILES string of the molecule is Nc1[nH]c(Oc2ncnc(Oc3[nH]c(N)c(S)c3N)c3cncc2-3)c(N)c1S. The van der Waals surface area contributed by atoms with Gasteiger partial charge in [0.25, 0.3) is 0 Å². The van der Waals surface area contributed by atoms with Gasteiger partial charge in [-0.05, 0) is 0 Å². The molecule has 144 valence electrons. The Morgan fingerprint density at radius 2 is 1.18 bits per heavy atom. The molecule has 0 saturated heterocycles. The van der Waals surface area contributed by atoms with Crippen molar-refractivity contribution in [2.45, 2.75) is 9.79 Å². The molecule has 0 fully saturated rings. The van der Waals surface area contributed by atoms with Crippen molar-refractivity contribution in [2.24, 2.45) is 0 Å². The number of thiol groups is 2. The molecule has 0 unspecified atom stereocenters. The molecule has 2 aliphatic rings. The molecule has 4 rings (SSSR count). The highest BCUT2D eigenvalue weighted by Crippen LogP contribution is 2.42. The number of H-pyrrole nitrogens is 2. The van der Waals surface area contributed by atoms with Crippen molar-refractivity contribution >= 4 is 48.3 Å². The quantitative estimate of drug-likeness (QED) is 0.230. The first kappa shape index (κ1) is 17.9. The van der Waals surface area contributed by atoms with Crippen LogP contribution in [0.1, 0.15) is 0 Å². The van der Waals surface area contributed by atoms with Crippen LogP contribution in [0.5, 0.6) is 23.5 Å². The van der Waals surface area contributed by atoms with Crippen LogP contribution in [0.4, 0.5) is 23.0 Å². The Kier molecular flexibility index (Phi) is 4.24. The maximum Gasteiger partial charge on any atom is 0.232 e. The predicted octanol–water partition coefficient (Wildman–Crippen LogP) is 2.12. The largest absolute Gasteiger partial charge is 0.420 e. The van der Waals surface area contributed by atoms with Crippen molar-refractivity contribution in [2.75, 3.05) is 22.9 Å². The number of anilines is 4. The minimum Gasteiger partial charge on any atom is -0.420 e. The zero-order chi connectivity index (χ0) is 20.0. The number of aromatic nitrogens is 5. The molecule has 2 aliphatic heterocycles. The third-order valence-corrected chi connectivity index (χ3v) is 4.88. The number of ether oxygens (including phenoxy) is 2. The van der Waals surface area contributed by atoms with Gasteiger partial charge in [-0.2, -0.15) is 0 Å².